The van der Waals surface area contributed by atoms with Crippen LogP contribution in [0.3, 0.4) is 0 Å². The van der Waals surface area contributed by atoms with Crippen molar-refractivity contribution in [2.45, 2.75) is 12.5 Å². The monoisotopic (exact) mass is 180 g/mol. The first-order valence-electron chi connectivity index (χ1n) is 2.69. The van der Waals surface area contributed by atoms with E-state index in [0.29, 0.717) is 12.9 Å². The molecule has 1 atom stereocenters. The Morgan fingerprint density at radius 3 is 2.88 bits per heavy atom. The topological polar surface area (TPSA) is 18.5 Å². The van der Waals surface area contributed by atoms with Crippen molar-refractivity contribution in [3.63, 3.8) is 0 Å². The van der Waals surface area contributed by atoms with Crippen LogP contribution in [0.1, 0.15) is 6.42 Å². The summed E-state index contributed by atoms with van der Waals surface area (Å²) in [5.41, 5.74) is 0. The SMILES string of the molecule is BrCC1CCOCO1. The molecule has 0 radical (unpaired) electrons. The summed E-state index contributed by atoms with van der Waals surface area (Å²) in [6.07, 6.45) is 1.40. The number of rotatable bonds is 1. The van der Waals surface area contributed by atoms with Crippen LogP contribution < -0.4 is 0 Å². The van der Waals surface area contributed by atoms with Gasteiger partial charge in [0.1, 0.15) is 6.79 Å². The van der Waals surface area contributed by atoms with Gasteiger partial charge >= 0.3 is 0 Å². The predicted molar refractivity (Wildman–Crippen MR) is 34.1 cm³/mol. The Morgan fingerprint density at radius 2 is 2.50 bits per heavy atom. The third kappa shape index (κ3) is 1.73. The molecule has 1 fully saturated rings. The number of hydrogen-bond acceptors (Lipinski definition) is 2. The molecule has 1 unspecified atom stereocenters. The lowest BCUT2D eigenvalue weighted by molar-refractivity contribution is -0.130. The molecule has 0 aromatic carbocycles. The maximum atomic E-state index is 5.16. The van der Waals surface area contributed by atoms with E-state index in [9.17, 15) is 0 Å². The predicted octanol–water partition coefficient (Wildman–Crippen LogP) is 1.14. The Labute approximate surface area is 57.3 Å². The molecular weight excluding hydrogens is 172 g/mol. The average molecular weight is 181 g/mol. The molecule has 2 nitrogen and oxygen atoms in total. The minimum absolute atomic E-state index is 0.378. The van der Waals surface area contributed by atoms with E-state index in [4.69, 9.17) is 9.47 Å². The van der Waals surface area contributed by atoms with Crippen molar-refractivity contribution >= 4 is 15.9 Å². The molecule has 8 heavy (non-hydrogen) atoms. The van der Waals surface area contributed by atoms with Crippen LogP contribution in [0.4, 0.5) is 0 Å². The van der Waals surface area contributed by atoms with E-state index >= 15 is 0 Å². The molecule has 0 aromatic rings. The minimum Gasteiger partial charge on any atom is -0.355 e. The standard InChI is InChI=1S/C5H9BrO2/c6-3-5-1-2-7-4-8-5/h5H,1-4H2. The number of halogens is 1. The summed E-state index contributed by atoms with van der Waals surface area (Å²) in [5, 5.41) is 0.927. The zero-order chi connectivity index (χ0) is 5.82. The molecule has 0 bridgehead atoms. The Balaban J connectivity index is 2.13. The molecule has 0 amide bonds. The van der Waals surface area contributed by atoms with Gasteiger partial charge in [0.15, 0.2) is 0 Å². The van der Waals surface area contributed by atoms with Gasteiger partial charge in [0.2, 0.25) is 0 Å². The third-order valence-electron chi connectivity index (χ3n) is 1.14. The third-order valence-corrected chi connectivity index (χ3v) is 1.87. The van der Waals surface area contributed by atoms with Gasteiger partial charge in [-0.15, -0.1) is 0 Å². The summed E-state index contributed by atoms with van der Waals surface area (Å²) in [6, 6.07) is 0. The van der Waals surface area contributed by atoms with Crippen LogP contribution in [0.2, 0.25) is 0 Å². The maximum absolute atomic E-state index is 5.16. The van der Waals surface area contributed by atoms with E-state index in [-0.39, 0.29) is 0 Å². The van der Waals surface area contributed by atoms with E-state index in [1.165, 1.54) is 0 Å². The molecule has 3 heteroatoms. The fraction of sp³-hybridized carbons (Fsp3) is 1.00. The average Bonchev–Trinajstić information content (AvgIpc) is 1.90. The Bertz CT molecular complexity index is 61.4. The largest absolute Gasteiger partial charge is 0.355 e. The number of hydrogen-bond donors (Lipinski definition) is 0. The highest BCUT2D eigenvalue weighted by molar-refractivity contribution is 9.09. The second-order valence-electron chi connectivity index (χ2n) is 1.76. The summed E-state index contributed by atoms with van der Waals surface area (Å²) in [7, 11) is 0. The zero-order valence-electron chi connectivity index (χ0n) is 4.60. The maximum Gasteiger partial charge on any atom is 0.147 e. The van der Waals surface area contributed by atoms with Crippen LogP contribution in [0.5, 0.6) is 0 Å². The first-order chi connectivity index (χ1) is 3.93. The van der Waals surface area contributed by atoms with Gasteiger partial charge in [-0.05, 0) is 6.42 Å². The molecule has 1 rings (SSSR count). The highest BCUT2D eigenvalue weighted by Crippen LogP contribution is 2.07. The molecule has 0 N–H and O–H groups in total. The fourth-order valence-corrected chi connectivity index (χ4v) is 1.13. The Kier molecular flexibility index (Phi) is 2.80. The quantitative estimate of drug-likeness (QED) is 0.564. The second-order valence-corrected chi connectivity index (χ2v) is 2.41. The molecule has 48 valence electrons. The molecule has 1 heterocycles. The number of ether oxygens (including phenoxy) is 2. The van der Waals surface area contributed by atoms with Gasteiger partial charge in [-0.1, -0.05) is 15.9 Å². The molecule has 0 aliphatic carbocycles. The lowest BCUT2D eigenvalue weighted by Gasteiger charge is -2.20. The van der Waals surface area contributed by atoms with Gasteiger partial charge in [0.05, 0.1) is 12.7 Å². The van der Waals surface area contributed by atoms with Crippen LogP contribution in [0.25, 0.3) is 0 Å². The van der Waals surface area contributed by atoms with Crippen LogP contribution in [-0.4, -0.2) is 24.8 Å². The van der Waals surface area contributed by atoms with Crippen LogP contribution >= 0.6 is 15.9 Å². The number of alkyl halides is 1. The van der Waals surface area contributed by atoms with E-state index in [2.05, 4.69) is 15.9 Å². The van der Waals surface area contributed by atoms with Crippen LogP contribution in [0.15, 0.2) is 0 Å². The van der Waals surface area contributed by atoms with Gasteiger partial charge in [0, 0.05) is 5.33 Å². The molecule has 0 saturated carbocycles. The van der Waals surface area contributed by atoms with E-state index in [0.717, 1.165) is 18.4 Å². The van der Waals surface area contributed by atoms with Gasteiger partial charge < -0.3 is 9.47 Å². The van der Waals surface area contributed by atoms with Crippen molar-refractivity contribution in [1.29, 1.82) is 0 Å². The van der Waals surface area contributed by atoms with E-state index in [1.807, 2.05) is 0 Å². The van der Waals surface area contributed by atoms with Crippen molar-refractivity contribution in [1.82, 2.24) is 0 Å². The van der Waals surface area contributed by atoms with Crippen molar-refractivity contribution < 1.29 is 9.47 Å². The van der Waals surface area contributed by atoms with Crippen molar-refractivity contribution in [2.24, 2.45) is 0 Å². The van der Waals surface area contributed by atoms with Crippen molar-refractivity contribution in [3.05, 3.63) is 0 Å². The molecule has 0 aromatic heterocycles. The normalized spacial score (nSPS) is 30.4. The van der Waals surface area contributed by atoms with Gasteiger partial charge in [-0.3, -0.25) is 0 Å². The molecule has 1 saturated heterocycles. The van der Waals surface area contributed by atoms with Gasteiger partial charge in [0.25, 0.3) is 0 Å². The molecule has 0 spiro atoms. The smallest absolute Gasteiger partial charge is 0.147 e. The van der Waals surface area contributed by atoms with Crippen LogP contribution in [0, 0.1) is 0 Å². The summed E-state index contributed by atoms with van der Waals surface area (Å²) < 4.78 is 10.1. The highest BCUT2D eigenvalue weighted by atomic mass is 79.9. The minimum atomic E-state index is 0.378. The lowest BCUT2D eigenvalue weighted by Crippen LogP contribution is -2.24. The Morgan fingerprint density at radius 1 is 1.62 bits per heavy atom. The summed E-state index contributed by atoms with van der Waals surface area (Å²) in [5.74, 6) is 0. The molecular formula is C5H9BrO2. The van der Waals surface area contributed by atoms with Crippen LogP contribution in [-0.2, 0) is 9.47 Å². The fourth-order valence-electron chi connectivity index (χ4n) is 0.623. The lowest BCUT2D eigenvalue weighted by atomic mass is 10.3. The first kappa shape index (κ1) is 6.52. The highest BCUT2D eigenvalue weighted by Gasteiger charge is 2.10. The van der Waals surface area contributed by atoms with Crippen molar-refractivity contribution in [3.8, 4) is 0 Å². The van der Waals surface area contributed by atoms with Gasteiger partial charge in [-0.25, -0.2) is 0 Å². The molecule has 1 aliphatic rings. The second kappa shape index (κ2) is 3.43. The summed E-state index contributed by atoms with van der Waals surface area (Å²) >= 11 is 3.33. The van der Waals surface area contributed by atoms with E-state index in [1.54, 1.807) is 0 Å². The summed E-state index contributed by atoms with van der Waals surface area (Å²) in [6.45, 7) is 1.31. The molecule has 1 aliphatic heterocycles. The Hall–Kier alpha value is 0.400. The first-order valence-corrected chi connectivity index (χ1v) is 3.81. The van der Waals surface area contributed by atoms with E-state index < -0.39 is 0 Å². The zero-order valence-corrected chi connectivity index (χ0v) is 6.19. The van der Waals surface area contributed by atoms with Crippen molar-refractivity contribution in [2.75, 3.05) is 18.7 Å². The summed E-state index contributed by atoms with van der Waals surface area (Å²) in [4.78, 5) is 0. The van der Waals surface area contributed by atoms with Gasteiger partial charge in [-0.2, -0.15) is 0 Å².